The maximum Gasteiger partial charge on any atom is 0.137 e. The van der Waals surface area contributed by atoms with Crippen molar-refractivity contribution in [3.63, 3.8) is 0 Å². The summed E-state index contributed by atoms with van der Waals surface area (Å²) in [5.41, 5.74) is 0.535. The maximum absolute atomic E-state index is 13.3. The van der Waals surface area contributed by atoms with Gasteiger partial charge in [-0.1, -0.05) is 12.1 Å². The van der Waals surface area contributed by atoms with Crippen LogP contribution in [0.5, 0.6) is 0 Å². The second kappa shape index (κ2) is 4.98. The van der Waals surface area contributed by atoms with E-state index in [0.29, 0.717) is 16.5 Å². The van der Waals surface area contributed by atoms with Gasteiger partial charge in [-0.15, -0.1) is 0 Å². The van der Waals surface area contributed by atoms with E-state index < -0.39 is 6.10 Å². The molecule has 17 heavy (non-hydrogen) atoms. The van der Waals surface area contributed by atoms with Crippen LogP contribution in [0.4, 0.5) is 4.39 Å². The van der Waals surface area contributed by atoms with Crippen LogP contribution in [0.25, 0.3) is 0 Å². The number of benzene rings is 1. The molecule has 1 atom stereocenters. The smallest absolute Gasteiger partial charge is 0.137 e. The number of aliphatic hydroxyl groups excluding tert-OH is 1. The Morgan fingerprint density at radius 3 is 2.94 bits per heavy atom. The molecule has 0 radical (unpaired) electrons. The monoisotopic (exact) mass is 298 g/mol. The lowest BCUT2D eigenvalue weighted by atomic mass is 10.1. The highest BCUT2D eigenvalue weighted by atomic mass is 79.9. The van der Waals surface area contributed by atoms with E-state index in [2.05, 4.69) is 20.9 Å². The van der Waals surface area contributed by atoms with Gasteiger partial charge in [-0.2, -0.15) is 0 Å². The summed E-state index contributed by atoms with van der Waals surface area (Å²) in [6, 6.07) is 4.62. The SMILES string of the molecule is Cn1ccnc1CC(O)c1cccc(F)c1Br. The van der Waals surface area contributed by atoms with Crippen molar-refractivity contribution in [2.75, 3.05) is 0 Å². The van der Waals surface area contributed by atoms with Crippen molar-refractivity contribution >= 4 is 15.9 Å². The molecule has 1 heterocycles. The number of aromatic nitrogens is 2. The summed E-state index contributed by atoms with van der Waals surface area (Å²) < 4.78 is 15.5. The zero-order chi connectivity index (χ0) is 12.4. The molecule has 1 aromatic carbocycles. The molecule has 1 unspecified atom stereocenters. The Morgan fingerprint density at radius 2 is 2.29 bits per heavy atom. The Kier molecular flexibility index (Phi) is 3.59. The molecule has 0 fully saturated rings. The van der Waals surface area contributed by atoms with Crippen LogP contribution in [0.1, 0.15) is 17.5 Å². The minimum atomic E-state index is -0.777. The van der Waals surface area contributed by atoms with Gasteiger partial charge >= 0.3 is 0 Å². The van der Waals surface area contributed by atoms with Crippen LogP contribution < -0.4 is 0 Å². The Hall–Kier alpha value is -1.20. The van der Waals surface area contributed by atoms with Crippen molar-refractivity contribution in [3.05, 3.63) is 52.3 Å². The van der Waals surface area contributed by atoms with E-state index in [4.69, 9.17) is 0 Å². The van der Waals surface area contributed by atoms with Gasteiger partial charge in [-0.05, 0) is 27.6 Å². The molecule has 0 aliphatic heterocycles. The molecule has 1 aromatic heterocycles. The number of hydrogen-bond acceptors (Lipinski definition) is 2. The first kappa shape index (κ1) is 12.3. The summed E-state index contributed by atoms with van der Waals surface area (Å²) in [4.78, 5) is 4.13. The van der Waals surface area contributed by atoms with E-state index in [1.54, 1.807) is 18.3 Å². The number of rotatable bonds is 3. The topological polar surface area (TPSA) is 38.0 Å². The third-order valence-corrected chi connectivity index (χ3v) is 3.47. The van der Waals surface area contributed by atoms with E-state index in [9.17, 15) is 9.50 Å². The summed E-state index contributed by atoms with van der Waals surface area (Å²) >= 11 is 3.14. The molecule has 0 saturated carbocycles. The van der Waals surface area contributed by atoms with Crippen molar-refractivity contribution in [2.24, 2.45) is 7.05 Å². The fraction of sp³-hybridized carbons (Fsp3) is 0.250. The highest BCUT2D eigenvalue weighted by Gasteiger charge is 2.16. The van der Waals surface area contributed by atoms with Gasteiger partial charge in [0.1, 0.15) is 11.6 Å². The molecule has 1 N–H and O–H groups in total. The minimum absolute atomic E-state index is 0.307. The molecule has 2 rings (SSSR count). The van der Waals surface area contributed by atoms with Crippen LogP contribution in [-0.2, 0) is 13.5 Å². The number of imidazole rings is 1. The average molecular weight is 299 g/mol. The second-order valence-corrected chi connectivity index (χ2v) is 4.61. The molecular formula is C12H12BrFN2O. The largest absolute Gasteiger partial charge is 0.388 e. The van der Waals surface area contributed by atoms with E-state index >= 15 is 0 Å². The first-order valence-corrected chi connectivity index (χ1v) is 5.97. The van der Waals surface area contributed by atoms with Crippen LogP contribution in [0.15, 0.2) is 35.1 Å². The van der Waals surface area contributed by atoms with Crippen molar-refractivity contribution < 1.29 is 9.50 Å². The maximum atomic E-state index is 13.3. The van der Waals surface area contributed by atoms with E-state index in [-0.39, 0.29) is 5.82 Å². The van der Waals surface area contributed by atoms with Gasteiger partial charge in [-0.25, -0.2) is 9.37 Å². The molecule has 3 nitrogen and oxygen atoms in total. The third-order valence-electron chi connectivity index (χ3n) is 2.64. The molecule has 0 saturated heterocycles. The molecule has 0 aliphatic rings. The quantitative estimate of drug-likeness (QED) is 0.946. The van der Waals surface area contributed by atoms with Gasteiger partial charge in [0.05, 0.1) is 10.6 Å². The number of nitrogens with zero attached hydrogens (tertiary/aromatic N) is 2. The lowest BCUT2D eigenvalue weighted by molar-refractivity contribution is 0.173. The van der Waals surface area contributed by atoms with Gasteiger partial charge in [-0.3, -0.25) is 0 Å². The normalized spacial score (nSPS) is 12.7. The molecular weight excluding hydrogens is 287 g/mol. The fourth-order valence-electron chi connectivity index (χ4n) is 1.65. The van der Waals surface area contributed by atoms with E-state index in [1.165, 1.54) is 6.07 Å². The summed E-state index contributed by atoms with van der Waals surface area (Å²) in [5.74, 6) is 0.384. The summed E-state index contributed by atoms with van der Waals surface area (Å²) in [5, 5.41) is 10.1. The number of aryl methyl sites for hydroxylation is 1. The van der Waals surface area contributed by atoms with Gasteiger partial charge in [0, 0.05) is 25.9 Å². The number of halogens is 2. The minimum Gasteiger partial charge on any atom is -0.388 e. The summed E-state index contributed by atoms with van der Waals surface area (Å²) in [7, 11) is 1.86. The zero-order valence-electron chi connectivity index (χ0n) is 9.27. The van der Waals surface area contributed by atoms with Gasteiger partial charge in [0.2, 0.25) is 0 Å². The van der Waals surface area contributed by atoms with E-state index in [0.717, 1.165) is 5.82 Å². The van der Waals surface area contributed by atoms with Crippen molar-refractivity contribution in [1.29, 1.82) is 0 Å². The average Bonchev–Trinajstić information content (AvgIpc) is 2.68. The summed E-state index contributed by atoms with van der Waals surface area (Å²) in [6.45, 7) is 0. The molecule has 0 bridgehead atoms. The zero-order valence-corrected chi connectivity index (χ0v) is 10.9. The molecule has 90 valence electrons. The van der Waals surface area contributed by atoms with Crippen LogP contribution in [0.2, 0.25) is 0 Å². The fourth-order valence-corrected chi connectivity index (χ4v) is 2.18. The highest BCUT2D eigenvalue weighted by Crippen LogP contribution is 2.27. The van der Waals surface area contributed by atoms with Gasteiger partial charge in [0.25, 0.3) is 0 Å². The lowest BCUT2D eigenvalue weighted by Crippen LogP contribution is -2.07. The van der Waals surface area contributed by atoms with Crippen LogP contribution in [0, 0.1) is 5.82 Å². The first-order valence-electron chi connectivity index (χ1n) is 5.17. The molecule has 0 aliphatic carbocycles. The highest BCUT2D eigenvalue weighted by molar-refractivity contribution is 9.10. The van der Waals surface area contributed by atoms with Gasteiger partial charge in [0.15, 0.2) is 0 Å². The lowest BCUT2D eigenvalue weighted by Gasteiger charge is -2.13. The Labute approximate surface area is 107 Å². The van der Waals surface area contributed by atoms with Crippen molar-refractivity contribution in [3.8, 4) is 0 Å². The Balaban J connectivity index is 2.23. The summed E-state index contributed by atoms with van der Waals surface area (Å²) in [6.07, 6.45) is 3.05. The van der Waals surface area contributed by atoms with E-state index in [1.807, 2.05) is 17.8 Å². The predicted octanol–water partition coefficient (Wildman–Crippen LogP) is 2.60. The first-order chi connectivity index (χ1) is 8.09. The van der Waals surface area contributed by atoms with Gasteiger partial charge < -0.3 is 9.67 Å². The van der Waals surface area contributed by atoms with Crippen molar-refractivity contribution in [2.45, 2.75) is 12.5 Å². The second-order valence-electron chi connectivity index (χ2n) is 3.82. The number of aliphatic hydroxyl groups is 1. The molecule has 0 amide bonds. The number of hydrogen-bond donors (Lipinski definition) is 1. The standard InChI is InChI=1S/C12H12BrFN2O/c1-16-6-5-15-11(16)7-10(17)8-3-2-4-9(14)12(8)13/h2-6,10,17H,7H2,1H3. The van der Waals surface area contributed by atoms with Crippen LogP contribution in [-0.4, -0.2) is 14.7 Å². The molecule has 2 aromatic rings. The van der Waals surface area contributed by atoms with Crippen LogP contribution in [0.3, 0.4) is 0 Å². The Bertz CT molecular complexity index is 527. The van der Waals surface area contributed by atoms with Crippen LogP contribution >= 0.6 is 15.9 Å². The molecule has 0 spiro atoms. The van der Waals surface area contributed by atoms with Crippen molar-refractivity contribution in [1.82, 2.24) is 9.55 Å². The predicted molar refractivity (Wildman–Crippen MR) is 66.0 cm³/mol. The molecule has 5 heteroatoms. The Morgan fingerprint density at radius 1 is 1.53 bits per heavy atom. The third kappa shape index (κ3) is 2.56.